The molecule has 0 fully saturated rings. The second-order valence-corrected chi connectivity index (χ2v) is 9.53. The highest BCUT2D eigenvalue weighted by Crippen LogP contribution is 2.25. The third-order valence-corrected chi connectivity index (χ3v) is 6.48. The fraction of sp³-hybridized carbons (Fsp3) is 0.267. The van der Waals surface area contributed by atoms with Crippen molar-refractivity contribution in [3.05, 3.63) is 84.2 Å². The molecule has 4 rings (SSSR count). The van der Waals surface area contributed by atoms with E-state index in [9.17, 15) is 22.8 Å². The molecule has 1 atom stereocenters. The van der Waals surface area contributed by atoms with Gasteiger partial charge >= 0.3 is 12.4 Å². The number of rotatable bonds is 13. The van der Waals surface area contributed by atoms with Gasteiger partial charge in [0.25, 0.3) is 0 Å². The summed E-state index contributed by atoms with van der Waals surface area (Å²) in [6.45, 7) is 4.57. The second kappa shape index (κ2) is 14.4. The number of benzene rings is 3. The van der Waals surface area contributed by atoms with E-state index in [1.807, 2.05) is 38.1 Å². The molecule has 0 aliphatic rings. The summed E-state index contributed by atoms with van der Waals surface area (Å²) in [6, 6.07) is 17.6. The summed E-state index contributed by atoms with van der Waals surface area (Å²) in [4.78, 5) is 30.4. The van der Waals surface area contributed by atoms with Crippen molar-refractivity contribution in [2.24, 2.45) is 0 Å². The van der Waals surface area contributed by atoms with Crippen molar-refractivity contribution in [2.75, 3.05) is 25.1 Å². The number of halogens is 3. The fourth-order valence-electron chi connectivity index (χ4n) is 4.35. The summed E-state index contributed by atoms with van der Waals surface area (Å²) >= 11 is 0. The molecular weight excluding hydrogens is 579 g/mol. The molecule has 14 heteroatoms. The van der Waals surface area contributed by atoms with Crippen LogP contribution in [0.2, 0.25) is 0 Å². The standard InChI is InChI=1S/C30H32F3N7O4/c1-4-34-28(39(19-41)26-14-13-25(43-3)17-20(26)2)37-29(42)35-16-15-21-5-7-22(8-6-21)27-36-18-40(38-27)23-9-11-24(12-10-23)44-30(31,32)33/h5-14,17-19,28,34H,4,15-16H2,1-3H3,(H2,35,37,42). The maximum atomic E-state index is 12.7. The van der Waals surface area contributed by atoms with E-state index in [-0.39, 0.29) is 5.75 Å². The van der Waals surface area contributed by atoms with Crippen LogP contribution in [0.3, 0.4) is 0 Å². The van der Waals surface area contributed by atoms with Crippen molar-refractivity contribution in [3.8, 4) is 28.6 Å². The van der Waals surface area contributed by atoms with Crippen LogP contribution in [0.15, 0.2) is 73.1 Å². The van der Waals surface area contributed by atoms with Crippen LogP contribution in [0.5, 0.6) is 11.5 Å². The molecule has 0 spiro atoms. The van der Waals surface area contributed by atoms with Gasteiger partial charge in [-0.2, -0.15) is 0 Å². The number of ether oxygens (including phenoxy) is 2. The lowest BCUT2D eigenvalue weighted by atomic mass is 10.1. The van der Waals surface area contributed by atoms with E-state index in [4.69, 9.17) is 4.74 Å². The Balaban J connectivity index is 1.30. The number of nitrogens with one attached hydrogen (secondary N) is 3. The molecule has 3 N–H and O–H groups in total. The van der Waals surface area contributed by atoms with Crippen LogP contribution in [-0.2, 0) is 11.2 Å². The Morgan fingerprint density at radius 1 is 1.07 bits per heavy atom. The molecule has 1 aromatic heterocycles. The molecule has 44 heavy (non-hydrogen) atoms. The Bertz CT molecular complexity index is 1540. The highest BCUT2D eigenvalue weighted by molar-refractivity contribution is 5.81. The number of amides is 3. The van der Waals surface area contributed by atoms with Crippen LogP contribution in [0, 0.1) is 6.92 Å². The maximum Gasteiger partial charge on any atom is 0.573 e. The van der Waals surface area contributed by atoms with Gasteiger partial charge in [0.05, 0.1) is 12.8 Å². The molecule has 1 heterocycles. The molecule has 0 saturated heterocycles. The second-order valence-electron chi connectivity index (χ2n) is 9.53. The fourth-order valence-corrected chi connectivity index (χ4v) is 4.35. The summed E-state index contributed by atoms with van der Waals surface area (Å²) in [6.07, 6.45) is -2.87. The van der Waals surface area contributed by atoms with Crippen molar-refractivity contribution in [1.82, 2.24) is 30.7 Å². The quantitative estimate of drug-likeness (QED) is 0.150. The van der Waals surface area contributed by atoms with Crippen molar-refractivity contribution in [1.29, 1.82) is 0 Å². The number of carbonyl (C=O) groups is 2. The number of anilines is 1. The minimum absolute atomic E-state index is 0.326. The first-order valence-corrected chi connectivity index (χ1v) is 13.6. The lowest BCUT2D eigenvalue weighted by Crippen LogP contribution is -2.58. The monoisotopic (exact) mass is 611 g/mol. The van der Waals surface area contributed by atoms with Crippen LogP contribution in [0.1, 0.15) is 18.1 Å². The Kier molecular flexibility index (Phi) is 10.4. The lowest BCUT2D eigenvalue weighted by molar-refractivity contribution is -0.274. The Morgan fingerprint density at radius 3 is 2.39 bits per heavy atom. The number of hydrogen-bond donors (Lipinski definition) is 3. The number of methoxy groups -OCH3 is 1. The van der Waals surface area contributed by atoms with Crippen LogP contribution in [0.4, 0.5) is 23.7 Å². The van der Waals surface area contributed by atoms with Crippen LogP contribution >= 0.6 is 0 Å². The Labute approximate surface area is 252 Å². The van der Waals surface area contributed by atoms with Crippen molar-refractivity contribution in [2.45, 2.75) is 32.9 Å². The maximum absolute atomic E-state index is 12.7. The number of carbonyl (C=O) groups excluding carboxylic acids is 2. The predicted molar refractivity (Wildman–Crippen MR) is 157 cm³/mol. The number of aromatic nitrogens is 3. The van der Waals surface area contributed by atoms with E-state index in [0.29, 0.717) is 48.9 Å². The molecule has 3 aromatic carbocycles. The molecular formula is C30H32F3N7O4. The molecule has 3 amide bonds. The van der Waals surface area contributed by atoms with Crippen molar-refractivity contribution < 1.29 is 32.2 Å². The average Bonchev–Trinajstić information content (AvgIpc) is 3.49. The molecule has 11 nitrogen and oxygen atoms in total. The lowest BCUT2D eigenvalue weighted by Gasteiger charge is -2.30. The molecule has 232 valence electrons. The zero-order valence-electron chi connectivity index (χ0n) is 24.3. The number of hydrogen-bond acceptors (Lipinski definition) is 7. The number of urea groups is 1. The third kappa shape index (κ3) is 8.47. The van der Waals surface area contributed by atoms with Gasteiger partial charge in [-0.25, -0.2) is 14.5 Å². The summed E-state index contributed by atoms with van der Waals surface area (Å²) in [5, 5.41) is 13.1. The molecule has 0 aliphatic carbocycles. The molecule has 4 aromatic rings. The summed E-state index contributed by atoms with van der Waals surface area (Å²) in [7, 11) is 1.56. The van der Waals surface area contributed by atoms with Gasteiger partial charge in [0.2, 0.25) is 6.41 Å². The summed E-state index contributed by atoms with van der Waals surface area (Å²) in [5.74, 6) is 0.771. The SMILES string of the molecule is CCNC(NC(=O)NCCc1ccc(-c2ncn(-c3ccc(OC(F)(F)F)cc3)n2)cc1)N(C=O)c1ccc(OC)cc1C. The van der Waals surface area contributed by atoms with Crippen LogP contribution in [0.25, 0.3) is 17.1 Å². The van der Waals surface area contributed by atoms with Crippen molar-refractivity contribution in [3.63, 3.8) is 0 Å². The molecule has 1 unspecified atom stereocenters. The van der Waals surface area contributed by atoms with Gasteiger partial charge in [-0.15, -0.1) is 18.3 Å². The Hall–Kier alpha value is -5.11. The first-order valence-electron chi connectivity index (χ1n) is 13.6. The van der Waals surface area contributed by atoms with Crippen LogP contribution < -0.4 is 30.3 Å². The number of nitrogens with zero attached hydrogens (tertiary/aromatic N) is 4. The Morgan fingerprint density at radius 2 is 1.77 bits per heavy atom. The van der Waals surface area contributed by atoms with E-state index in [2.05, 4.69) is 30.8 Å². The summed E-state index contributed by atoms with van der Waals surface area (Å²) < 4.78 is 47.8. The highest BCUT2D eigenvalue weighted by Gasteiger charge is 2.31. The van der Waals surface area contributed by atoms with Gasteiger partial charge < -0.3 is 20.1 Å². The zero-order chi connectivity index (χ0) is 31.7. The molecule has 0 saturated carbocycles. The first kappa shape index (κ1) is 31.8. The highest BCUT2D eigenvalue weighted by atomic mass is 19.4. The third-order valence-electron chi connectivity index (χ3n) is 6.48. The van der Waals surface area contributed by atoms with E-state index < -0.39 is 18.7 Å². The number of alkyl halides is 3. The predicted octanol–water partition coefficient (Wildman–Crippen LogP) is 4.55. The topological polar surface area (TPSA) is 123 Å². The first-order chi connectivity index (χ1) is 21.1. The smallest absolute Gasteiger partial charge is 0.497 e. The minimum Gasteiger partial charge on any atom is -0.497 e. The molecule has 0 bridgehead atoms. The van der Waals surface area contributed by atoms with Gasteiger partial charge in [-0.1, -0.05) is 31.2 Å². The van der Waals surface area contributed by atoms with Crippen LogP contribution in [-0.4, -0.2) is 60.1 Å². The van der Waals surface area contributed by atoms with Gasteiger partial charge in [-0.05, 0) is 73.5 Å². The molecule has 0 aliphatic heterocycles. The van der Waals surface area contributed by atoms with Gasteiger partial charge in [0.1, 0.15) is 17.8 Å². The van der Waals surface area contributed by atoms with E-state index in [0.717, 1.165) is 16.7 Å². The molecule has 0 radical (unpaired) electrons. The van der Waals surface area contributed by atoms with E-state index in [1.54, 1.807) is 25.3 Å². The van der Waals surface area contributed by atoms with E-state index >= 15 is 0 Å². The largest absolute Gasteiger partial charge is 0.573 e. The van der Waals surface area contributed by atoms with Gasteiger partial charge in [0, 0.05) is 17.8 Å². The van der Waals surface area contributed by atoms with Gasteiger partial charge in [-0.3, -0.25) is 15.0 Å². The van der Waals surface area contributed by atoms with Gasteiger partial charge in [0.15, 0.2) is 12.1 Å². The summed E-state index contributed by atoms with van der Waals surface area (Å²) in [5.41, 5.74) is 3.65. The van der Waals surface area contributed by atoms with Crippen molar-refractivity contribution >= 4 is 18.1 Å². The average molecular weight is 612 g/mol. The normalized spacial score (nSPS) is 11.9. The van der Waals surface area contributed by atoms with E-state index in [1.165, 1.54) is 40.2 Å². The minimum atomic E-state index is -4.76. The zero-order valence-corrected chi connectivity index (χ0v) is 24.3. The number of aryl methyl sites for hydroxylation is 1.